The Morgan fingerprint density at radius 2 is 1.39 bits per heavy atom. The Morgan fingerprint density at radius 1 is 0.818 bits per heavy atom. The Kier molecular flexibility index (Phi) is 18.4. The molecule has 250 valence electrons. The minimum Gasteiger partial charge on any atom is -0.465 e. The lowest BCUT2D eigenvalue weighted by Crippen LogP contribution is -2.37. The van der Waals surface area contributed by atoms with Crippen molar-refractivity contribution in [1.29, 1.82) is 0 Å². The van der Waals surface area contributed by atoms with Crippen molar-refractivity contribution in [2.75, 3.05) is 18.9 Å². The maximum absolute atomic E-state index is 12.5. The van der Waals surface area contributed by atoms with Gasteiger partial charge in [-0.3, -0.25) is 19.4 Å². The molecule has 11 heteroatoms. The molecule has 2 aromatic rings. The molecule has 0 fully saturated rings. The van der Waals surface area contributed by atoms with E-state index >= 15 is 0 Å². The number of H-pyrrole nitrogens is 2. The van der Waals surface area contributed by atoms with Crippen molar-refractivity contribution in [3.8, 4) is 0 Å². The van der Waals surface area contributed by atoms with Gasteiger partial charge in [0.15, 0.2) is 11.2 Å². The SMILES string of the molecule is CCCCCCCCCCCCCCCCCC(=O)OCC(CCOC(=O)[C@@H](N)C(C)C)Cc1nc2nc(N)[nH]c(=O)c2[nH]1. The molecule has 2 rings (SSSR count). The highest BCUT2D eigenvalue weighted by atomic mass is 16.5. The minimum atomic E-state index is -0.695. The van der Waals surface area contributed by atoms with Gasteiger partial charge in [-0.05, 0) is 18.8 Å². The zero-order valence-electron chi connectivity index (χ0n) is 27.5. The summed E-state index contributed by atoms with van der Waals surface area (Å²) in [6.07, 6.45) is 20.3. The summed E-state index contributed by atoms with van der Waals surface area (Å²) in [5, 5.41) is 0. The molecular formula is C33H58N6O5. The van der Waals surface area contributed by atoms with Crippen molar-refractivity contribution in [2.24, 2.45) is 17.6 Å². The zero-order valence-corrected chi connectivity index (χ0v) is 27.5. The van der Waals surface area contributed by atoms with E-state index in [1.165, 1.54) is 77.0 Å². The standard InChI is InChI=1S/C33H58N6O5/c1-4-5-6-7-8-9-10-11-12-13-14-15-16-17-18-19-27(40)44-23-25(20-21-43-32(42)28(34)24(2)3)22-26-36-29-30(37-26)38-33(35)39-31(29)41/h24-25,28H,4-23,34H2,1-3H3,(H4,35,36,37,38,39,41)/t25?,28-/m0/s1. The highest BCUT2D eigenvalue weighted by Crippen LogP contribution is 2.16. The third kappa shape index (κ3) is 15.2. The quantitative estimate of drug-likeness (QED) is 0.0754. The number of esters is 2. The molecule has 2 aromatic heterocycles. The van der Waals surface area contributed by atoms with Gasteiger partial charge in [0.1, 0.15) is 11.9 Å². The number of aromatic amines is 2. The molecule has 11 nitrogen and oxygen atoms in total. The average Bonchev–Trinajstić information content (AvgIpc) is 3.39. The van der Waals surface area contributed by atoms with Crippen LogP contribution in [0.3, 0.4) is 0 Å². The normalized spacial score (nSPS) is 12.9. The van der Waals surface area contributed by atoms with Crippen LogP contribution in [0.5, 0.6) is 0 Å². The molecule has 0 aliphatic heterocycles. The molecule has 2 heterocycles. The third-order valence-corrected chi connectivity index (χ3v) is 8.14. The number of hydrogen-bond donors (Lipinski definition) is 4. The van der Waals surface area contributed by atoms with Crippen LogP contribution in [0.1, 0.15) is 136 Å². The van der Waals surface area contributed by atoms with Crippen molar-refractivity contribution >= 4 is 29.1 Å². The highest BCUT2D eigenvalue weighted by Gasteiger charge is 2.21. The topological polar surface area (TPSA) is 179 Å². The van der Waals surface area contributed by atoms with Crippen LogP contribution in [0.15, 0.2) is 4.79 Å². The smallest absolute Gasteiger partial charge is 0.323 e. The second kappa shape index (κ2) is 21.7. The maximum atomic E-state index is 12.5. The monoisotopic (exact) mass is 618 g/mol. The zero-order chi connectivity index (χ0) is 32.2. The largest absolute Gasteiger partial charge is 0.465 e. The Balaban J connectivity index is 1.67. The summed E-state index contributed by atoms with van der Waals surface area (Å²) < 4.78 is 11.0. The molecule has 0 spiro atoms. The lowest BCUT2D eigenvalue weighted by Gasteiger charge is -2.18. The van der Waals surface area contributed by atoms with Crippen LogP contribution in [0.2, 0.25) is 0 Å². The van der Waals surface area contributed by atoms with Crippen molar-refractivity contribution in [1.82, 2.24) is 19.9 Å². The fraction of sp³-hybridized carbons (Fsp3) is 0.788. The summed E-state index contributed by atoms with van der Waals surface area (Å²) in [6, 6.07) is -0.695. The van der Waals surface area contributed by atoms with Crippen LogP contribution in [0.25, 0.3) is 11.2 Å². The number of nitrogen functional groups attached to an aromatic ring is 1. The molecule has 44 heavy (non-hydrogen) atoms. The number of aromatic nitrogens is 4. The third-order valence-electron chi connectivity index (χ3n) is 8.14. The number of nitrogens with zero attached hydrogens (tertiary/aromatic N) is 2. The van der Waals surface area contributed by atoms with Crippen LogP contribution in [-0.4, -0.2) is 51.1 Å². The Labute approximate surface area is 263 Å². The molecule has 6 N–H and O–H groups in total. The Hall–Kier alpha value is -2.95. The van der Waals surface area contributed by atoms with E-state index in [0.29, 0.717) is 25.1 Å². The van der Waals surface area contributed by atoms with Gasteiger partial charge in [-0.1, -0.05) is 111 Å². The molecule has 0 saturated carbocycles. The first-order chi connectivity index (χ1) is 21.2. The molecule has 0 saturated heterocycles. The van der Waals surface area contributed by atoms with E-state index in [1.54, 1.807) is 0 Å². The molecule has 0 aliphatic carbocycles. The van der Waals surface area contributed by atoms with E-state index in [-0.39, 0.29) is 48.1 Å². The van der Waals surface area contributed by atoms with Crippen LogP contribution >= 0.6 is 0 Å². The fourth-order valence-corrected chi connectivity index (χ4v) is 5.20. The number of nitrogens with one attached hydrogen (secondary N) is 2. The lowest BCUT2D eigenvalue weighted by atomic mass is 10.0. The first kappa shape index (κ1) is 37.2. The van der Waals surface area contributed by atoms with Gasteiger partial charge in [0.05, 0.1) is 13.2 Å². The minimum absolute atomic E-state index is 0.0155. The Morgan fingerprint density at radius 3 is 1.95 bits per heavy atom. The second-order valence-electron chi connectivity index (χ2n) is 12.5. The number of ether oxygens (including phenoxy) is 2. The molecule has 0 bridgehead atoms. The predicted molar refractivity (Wildman–Crippen MR) is 175 cm³/mol. The molecule has 0 amide bonds. The highest BCUT2D eigenvalue weighted by molar-refractivity contribution is 5.75. The van der Waals surface area contributed by atoms with Crippen molar-refractivity contribution in [3.63, 3.8) is 0 Å². The molecule has 0 radical (unpaired) electrons. The van der Waals surface area contributed by atoms with Gasteiger partial charge in [0.2, 0.25) is 5.95 Å². The summed E-state index contributed by atoms with van der Waals surface area (Å²) in [5.41, 5.74) is 11.6. The summed E-state index contributed by atoms with van der Waals surface area (Å²) in [4.78, 5) is 50.7. The summed E-state index contributed by atoms with van der Waals surface area (Å²) in [5.74, 6) is -0.430. The van der Waals surface area contributed by atoms with Gasteiger partial charge in [-0.15, -0.1) is 0 Å². The molecule has 0 aliphatic rings. The molecule has 0 aromatic carbocycles. The van der Waals surface area contributed by atoms with Crippen LogP contribution in [0.4, 0.5) is 5.95 Å². The lowest BCUT2D eigenvalue weighted by molar-refractivity contribution is -0.149. The van der Waals surface area contributed by atoms with E-state index in [1.807, 2.05) is 13.8 Å². The fourth-order valence-electron chi connectivity index (χ4n) is 5.20. The van der Waals surface area contributed by atoms with Gasteiger partial charge < -0.3 is 25.9 Å². The van der Waals surface area contributed by atoms with Gasteiger partial charge in [-0.25, -0.2) is 4.98 Å². The number of unbranched alkanes of at least 4 members (excludes halogenated alkanes) is 14. The van der Waals surface area contributed by atoms with E-state index in [4.69, 9.17) is 20.9 Å². The number of carbonyl (C=O) groups excluding carboxylic acids is 2. The molecular weight excluding hydrogens is 560 g/mol. The summed E-state index contributed by atoms with van der Waals surface area (Å²) in [6.45, 7) is 6.26. The average molecular weight is 619 g/mol. The van der Waals surface area contributed by atoms with Crippen molar-refractivity contribution in [3.05, 3.63) is 16.2 Å². The molecule has 2 atom stereocenters. The van der Waals surface area contributed by atoms with Crippen molar-refractivity contribution in [2.45, 2.75) is 142 Å². The number of nitrogens with two attached hydrogens (primary N) is 2. The van der Waals surface area contributed by atoms with E-state index in [0.717, 1.165) is 19.3 Å². The number of anilines is 1. The van der Waals surface area contributed by atoms with Crippen LogP contribution < -0.4 is 17.0 Å². The van der Waals surface area contributed by atoms with Gasteiger partial charge in [0, 0.05) is 18.8 Å². The first-order valence-electron chi connectivity index (χ1n) is 17.0. The number of hydrogen-bond acceptors (Lipinski definition) is 9. The summed E-state index contributed by atoms with van der Waals surface area (Å²) >= 11 is 0. The van der Waals surface area contributed by atoms with Crippen LogP contribution in [-0.2, 0) is 25.5 Å². The number of rotatable bonds is 25. The van der Waals surface area contributed by atoms with Gasteiger partial charge >= 0.3 is 11.9 Å². The van der Waals surface area contributed by atoms with E-state index < -0.39 is 17.6 Å². The van der Waals surface area contributed by atoms with Crippen molar-refractivity contribution < 1.29 is 19.1 Å². The van der Waals surface area contributed by atoms with E-state index in [2.05, 4.69) is 26.9 Å². The second-order valence-corrected chi connectivity index (χ2v) is 12.5. The molecule has 1 unspecified atom stereocenters. The predicted octanol–water partition coefficient (Wildman–Crippen LogP) is 6.11. The van der Waals surface area contributed by atoms with Gasteiger partial charge in [-0.2, -0.15) is 4.98 Å². The van der Waals surface area contributed by atoms with Gasteiger partial charge in [0.25, 0.3) is 5.56 Å². The van der Waals surface area contributed by atoms with E-state index in [9.17, 15) is 14.4 Å². The van der Waals surface area contributed by atoms with Crippen LogP contribution in [0, 0.1) is 11.8 Å². The number of imidazole rings is 1. The maximum Gasteiger partial charge on any atom is 0.323 e. The Bertz CT molecular complexity index is 1150. The first-order valence-corrected chi connectivity index (χ1v) is 17.0. The number of fused-ring (bicyclic) bond motifs is 1. The summed E-state index contributed by atoms with van der Waals surface area (Å²) in [7, 11) is 0. The number of carbonyl (C=O) groups is 2.